The van der Waals surface area contributed by atoms with Gasteiger partial charge >= 0.3 is 0 Å². The first kappa shape index (κ1) is 18.0. The minimum Gasteiger partial charge on any atom is -0.356 e. The van der Waals surface area contributed by atoms with Crippen LogP contribution in [-0.2, 0) is 6.54 Å². The zero-order chi connectivity index (χ0) is 19.9. The summed E-state index contributed by atoms with van der Waals surface area (Å²) in [4.78, 5) is 17.9. The molecule has 1 saturated carbocycles. The molecule has 1 aliphatic carbocycles. The number of hydrogen-bond acceptors (Lipinski definition) is 6. The lowest BCUT2D eigenvalue weighted by Crippen LogP contribution is -2.38. The second-order valence-electron chi connectivity index (χ2n) is 8.45. The number of fused-ring (bicyclic) bond motifs is 1. The SMILES string of the molecule is c1ccc(-c2csc3nc(C4CC4)nc(N4CCCC(Cn5cncn5)C4)c23)cc1. The summed E-state index contributed by atoms with van der Waals surface area (Å²) in [5.41, 5.74) is 2.50. The maximum Gasteiger partial charge on any atom is 0.141 e. The normalized spacial score (nSPS) is 19.5. The van der Waals surface area contributed by atoms with Gasteiger partial charge in [-0.15, -0.1) is 11.3 Å². The van der Waals surface area contributed by atoms with Crippen LogP contribution >= 0.6 is 11.3 Å². The van der Waals surface area contributed by atoms with Crippen LogP contribution in [0.4, 0.5) is 5.82 Å². The number of hydrogen-bond donors (Lipinski definition) is 0. The summed E-state index contributed by atoms with van der Waals surface area (Å²) in [5, 5.41) is 7.79. The molecule has 0 radical (unpaired) electrons. The first-order chi connectivity index (χ1) is 14.8. The summed E-state index contributed by atoms with van der Waals surface area (Å²) < 4.78 is 1.96. The van der Waals surface area contributed by atoms with Gasteiger partial charge in [0.15, 0.2) is 0 Å². The molecule has 30 heavy (non-hydrogen) atoms. The van der Waals surface area contributed by atoms with Crippen molar-refractivity contribution in [2.24, 2.45) is 5.92 Å². The van der Waals surface area contributed by atoms with Crippen molar-refractivity contribution in [3.8, 4) is 11.1 Å². The highest BCUT2D eigenvalue weighted by molar-refractivity contribution is 7.17. The van der Waals surface area contributed by atoms with Crippen LogP contribution in [0.15, 0.2) is 48.4 Å². The van der Waals surface area contributed by atoms with Crippen molar-refractivity contribution in [1.82, 2.24) is 24.7 Å². The van der Waals surface area contributed by atoms with Crippen molar-refractivity contribution in [2.75, 3.05) is 18.0 Å². The monoisotopic (exact) mass is 416 g/mol. The van der Waals surface area contributed by atoms with Crippen molar-refractivity contribution < 1.29 is 0 Å². The summed E-state index contributed by atoms with van der Waals surface area (Å²) >= 11 is 1.75. The Labute approximate surface area is 179 Å². The average molecular weight is 417 g/mol. The zero-order valence-corrected chi connectivity index (χ0v) is 17.6. The van der Waals surface area contributed by atoms with Gasteiger partial charge in [0, 0.05) is 36.5 Å². The summed E-state index contributed by atoms with van der Waals surface area (Å²) in [5.74, 6) is 3.27. The standard InChI is InChI=1S/C23H24N6S/c1-2-6-17(7-3-1)19-13-30-23-20(19)22(26-21(27-23)18-8-9-18)28-10-4-5-16(11-28)12-29-15-24-14-25-29/h1-3,6-7,13-16,18H,4-5,8-12H2. The molecule has 1 unspecified atom stereocenters. The fourth-order valence-corrected chi connectivity index (χ4v) is 5.47. The topological polar surface area (TPSA) is 59.7 Å². The van der Waals surface area contributed by atoms with Crippen LogP contribution in [0.25, 0.3) is 21.3 Å². The minimum absolute atomic E-state index is 0.547. The lowest BCUT2D eigenvalue weighted by molar-refractivity contribution is 0.350. The van der Waals surface area contributed by atoms with Crippen LogP contribution in [-0.4, -0.2) is 37.8 Å². The maximum absolute atomic E-state index is 5.16. The molecule has 0 N–H and O–H groups in total. The predicted molar refractivity (Wildman–Crippen MR) is 120 cm³/mol. The van der Waals surface area contributed by atoms with Gasteiger partial charge in [0.25, 0.3) is 0 Å². The van der Waals surface area contributed by atoms with E-state index in [-0.39, 0.29) is 0 Å². The molecule has 1 aromatic carbocycles. The quantitative estimate of drug-likeness (QED) is 0.470. The third-order valence-electron chi connectivity index (χ3n) is 6.19. The molecule has 3 aromatic heterocycles. The molecule has 2 fully saturated rings. The second kappa shape index (κ2) is 7.47. The smallest absolute Gasteiger partial charge is 0.141 e. The van der Waals surface area contributed by atoms with Crippen LogP contribution < -0.4 is 4.90 Å². The molecule has 1 aliphatic heterocycles. The minimum atomic E-state index is 0.547. The van der Waals surface area contributed by atoms with E-state index >= 15 is 0 Å². The number of benzene rings is 1. The van der Waals surface area contributed by atoms with Crippen LogP contribution in [0.1, 0.15) is 37.4 Å². The lowest BCUT2D eigenvalue weighted by atomic mass is 9.97. The first-order valence-corrected chi connectivity index (χ1v) is 11.6. The fourth-order valence-electron chi connectivity index (χ4n) is 4.52. The molecule has 4 heterocycles. The molecular formula is C23H24N6S. The van der Waals surface area contributed by atoms with Gasteiger partial charge in [-0.25, -0.2) is 15.0 Å². The zero-order valence-electron chi connectivity index (χ0n) is 16.8. The Hall–Kier alpha value is -2.80. The van der Waals surface area contributed by atoms with Crippen LogP contribution in [0.3, 0.4) is 0 Å². The molecule has 0 bridgehead atoms. The van der Waals surface area contributed by atoms with Crippen molar-refractivity contribution in [2.45, 2.75) is 38.1 Å². The second-order valence-corrected chi connectivity index (χ2v) is 9.31. The van der Waals surface area contributed by atoms with Crippen molar-refractivity contribution in [3.63, 3.8) is 0 Å². The van der Waals surface area contributed by atoms with Gasteiger partial charge in [0.2, 0.25) is 0 Å². The number of aromatic nitrogens is 5. The first-order valence-electron chi connectivity index (χ1n) is 10.8. The third-order valence-corrected chi connectivity index (χ3v) is 7.06. The number of thiophene rings is 1. The Kier molecular flexibility index (Phi) is 4.48. The van der Waals surface area contributed by atoms with E-state index in [1.165, 1.54) is 42.2 Å². The summed E-state index contributed by atoms with van der Waals surface area (Å²) in [6.07, 6.45) is 8.27. The van der Waals surface area contributed by atoms with Gasteiger partial charge in [-0.05, 0) is 37.2 Å². The Morgan fingerprint density at radius 3 is 2.77 bits per heavy atom. The van der Waals surface area contributed by atoms with Gasteiger partial charge in [0.05, 0.1) is 5.39 Å². The Balaban J connectivity index is 1.41. The highest BCUT2D eigenvalue weighted by atomic mass is 32.1. The molecule has 152 valence electrons. The van der Waals surface area contributed by atoms with Crippen molar-refractivity contribution in [3.05, 3.63) is 54.2 Å². The van der Waals surface area contributed by atoms with E-state index in [0.29, 0.717) is 11.8 Å². The molecule has 2 aliphatic rings. The van der Waals surface area contributed by atoms with E-state index in [9.17, 15) is 0 Å². The van der Waals surface area contributed by atoms with E-state index in [0.717, 1.165) is 36.1 Å². The van der Waals surface area contributed by atoms with E-state index in [1.54, 1.807) is 17.7 Å². The lowest BCUT2D eigenvalue weighted by Gasteiger charge is -2.34. The average Bonchev–Trinajstić information content (AvgIpc) is 3.35. The maximum atomic E-state index is 5.16. The van der Waals surface area contributed by atoms with E-state index in [4.69, 9.17) is 9.97 Å². The highest BCUT2D eigenvalue weighted by Gasteiger charge is 2.31. The van der Waals surface area contributed by atoms with Gasteiger partial charge < -0.3 is 4.90 Å². The molecule has 0 amide bonds. The molecule has 1 atom stereocenters. The summed E-state index contributed by atoms with van der Waals surface area (Å²) in [6, 6.07) is 10.6. The number of anilines is 1. The summed E-state index contributed by atoms with van der Waals surface area (Å²) in [7, 11) is 0. The fraction of sp³-hybridized carbons (Fsp3) is 0.391. The van der Waals surface area contributed by atoms with E-state index in [2.05, 4.69) is 50.7 Å². The molecule has 1 saturated heterocycles. The van der Waals surface area contributed by atoms with Gasteiger partial charge in [-0.3, -0.25) is 4.68 Å². The van der Waals surface area contributed by atoms with E-state index < -0.39 is 0 Å². The number of rotatable bonds is 5. The summed E-state index contributed by atoms with van der Waals surface area (Å²) in [6.45, 7) is 2.96. The third kappa shape index (κ3) is 3.37. The van der Waals surface area contributed by atoms with Crippen LogP contribution in [0.2, 0.25) is 0 Å². The Bertz CT molecular complexity index is 1150. The highest BCUT2D eigenvalue weighted by Crippen LogP contribution is 2.44. The molecule has 4 aromatic rings. The van der Waals surface area contributed by atoms with Crippen LogP contribution in [0.5, 0.6) is 0 Å². The van der Waals surface area contributed by atoms with Crippen molar-refractivity contribution >= 4 is 27.4 Å². The Morgan fingerprint density at radius 1 is 1.07 bits per heavy atom. The number of nitrogens with zero attached hydrogens (tertiary/aromatic N) is 6. The Morgan fingerprint density at radius 2 is 1.97 bits per heavy atom. The van der Waals surface area contributed by atoms with Crippen molar-refractivity contribution in [1.29, 1.82) is 0 Å². The molecular weight excluding hydrogens is 392 g/mol. The molecule has 7 heteroatoms. The van der Waals surface area contributed by atoms with Crippen LogP contribution in [0, 0.1) is 5.92 Å². The largest absolute Gasteiger partial charge is 0.356 e. The molecule has 6 rings (SSSR count). The molecule has 6 nitrogen and oxygen atoms in total. The van der Waals surface area contributed by atoms with Gasteiger partial charge in [-0.2, -0.15) is 5.10 Å². The predicted octanol–water partition coefficient (Wildman–Crippen LogP) is 4.74. The van der Waals surface area contributed by atoms with E-state index in [1.807, 2.05) is 11.0 Å². The number of piperidine rings is 1. The van der Waals surface area contributed by atoms with Gasteiger partial charge in [0.1, 0.15) is 29.1 Å². The van der Waals surface area contributed by atoms with Gasteiger partial charge in [-0.1, -0.05) is 30.3 Å². The molecule has 0 spiro atoms.